The van der Waals surface area contributed by atoms with Crippen molar-refractivity contribution in [3.8, 4) is 0 Å². The van der Waals surface area contributed by atoms with E-state index >= 15 is 0 Å². The van der Waals surface area contributed by atoms with Crippen LogP contribution in [-0.4, -0.2) is 57.8 Å². The third kappa shape index (κ3) is 11.8. The summed E-state index contributed by atoms with van der Waals surface area (Å²) in [5.74, 6) is 4.37. The van der Waals surface area contributed by atoms with Crippen LogP contribution in [0.1, 0.15) is 89.9 Å². The summed E-state index contributed by atoms with van der Waals surface area (Å²) in [5, 5.41) is 9.47. The molecule has 0 spiro atoms. The zero-order valence-electron chi connectivity index (χ0n) is 22.4. The Morgan fingerprint density at radius 2 is 1.24 bits per heavy atom. The summed E-state index contributed by atoms with van der Waals surface area (Å²) in [4.78, 5) is 11.5. The van der Waals surface area contributed by atoms with Crippen LogP contribution in [0.25, 0.3) is 0 Å². The molecule has 3 nitrogen and oxygen atoms in total. The van der Waals surface area contributed by atoms with Crippen LogP contribution in [0, 0.1) is 5.92 Å². The van der Waals surface area contributed by atoms with Crippen LogP contribution in [0.4, 0.5) is 0 Å². The van der Waals surface area contributed by atoms with E-state index in [0.29, 0.717) is 13.0 Å². The van der Waals surface area contributed by atoms with E-state index in [1.54, 1.807) is 0 Å². The van der Waals surface area contributed by atoms with E-state index in [-0.39, 0.29) is 12.3 Å². The van der Waals surface area contributed by atoms with Gasteiger partial charge in [0.25, 0.3) is 0 Å². The van der Waals surface area contributed by atoms with Gasteiger partial charge in [-0.05, 0) is 135 Å². The second-order valence-electron chi connectivity index (χ2n) is 9.75. The maximum Gasteiger partial charge on any atom is 0.303 e. The van der Waals surface area contributed by atoms with E-state index in [2.05, 4.69) is 75.8 Å². The molecule has 216 valence electrons. The van der Waals surface area contributed by atoms with E-state index in [9.17, 15) is 9.90 Å². The Hall–Kier alpha value is 1.01. The van der Waals surface area contributed by atoms with E-state index < -0.39 is 11.6 Å². The van der Waals surface area contributed by atoms with Gasteiger partial charge in [-0.3, -0.25) is 4.79 Å². The second-order valence-corrected chi connectivity index (χ2v) is 12.4. The van der Waals surface area contributed by atoms with Crippen LogP contribution < -0.4 is 0 Å². The Bertz CT molecular complexity index is 712. The number of carboxylic acids is 1. The molecule has 1 N–H and O–H groups in total. The smallest absolute Gasteiger partial charge is 0.303 e. The van der Waals surface area contributed by atoms with Crippen LogP contribution in [-0.2, 0) is 9.53 Å². The minimum atomic E-state index is -0.732. The molecule has 37 heavy (non-hydrogen) atoms. The Balaban J connectivity index is 3.91. The Morgan fingerprint density at radius 3 is 1.81 bits per heavy atom. The quantitative estimate of drug-likeness (QED) is 0.0464. The van der Waals surface area contributed by atoms with Crippen molar-refractivity contribution >= 4 is 81.7 Å². The fourth-order valence-corrected chi connectivity index (χ4v) is 6.70. The van der Waals surface area contributed by atoms with Crippen molar-refractivity contribution in [3.63, 3.8) is 0 Å². The summed E-state index contributed by atoms with van der Waals surface area (Å²) < 4.78 is 7.07. The Labute approximate surface area is 259 Å². The number of carbonyl (C=O) groups is 1. The van der Waals surface area contributed by atoms with Gasteiger partial charge in [0.2, 0.25) is 0 Å². The SMILES string of the molecule is O=C(O)CCCC1C(CCCS)=C(CCCS)C(CCCS)=C(CCCS)C1(CCCS)OCCCS. The number of hydrogen-bond donors (Lipinski definition) is 7. The van der Waals surface area contributed by atoms with Gasteiger partial charge in [-0.2, -0.15) is 75.8 Å². The highest BCUT2D eigenvalue weighted by molar-refractivity contribution is 7.81. The zero-order chi connectivity index (χ0) is 27.5. The van der Waals surface area contributed by atoms with E-state index in [4.69, 9.17) is 4.74 Å². The van der Waals surface area contributed by atoms with E-state index in [0.717, 1.165) is 112 Å². The molecule has 0 amide bonds. The first-order valence-corrected chi connectivity index (χ1v) is 17.7. The lowest BCUT2D eigenvalue weighted by Crippen LogP contribution is -2.48. The summed E-state index contributed by atoms with van der Waals surface area (Å²) in [6, 6.07) is 0. The Kier molecular flexibility index (Phi) is 21.2. The van der Waals surface area contributed by atoms with Gasteiger partial charge in [0, 0.05) is 18.9 Å². The number of hydrogen-bond acceptors (Lipinski definition) is 8. The highest BCUT2D eigenvalue weighted by Crippen LogP contribution is 2.53. The lowest BCUT2D eigenvalue weighted by atomic mass is 9.62. The molecule has 9 heteroatoms. The maximum atomic E-state index is 11.5. The molecule has 2 unspecified atom stereocenters. The fourth-order valence-electron chi connectivity index (χ4n) is 5.78. The van der Waals surface area contributed by atoms with Crippen molar-refractivity contribution in [1.29, 1.82) is 0 Å². The lowest BCUT2D eigenvalue weighted by molar-refractivity contribution is -0.137. The number of aliphatic carboxylic acids is 1. The van der Waals surface area contributed by atoms with Gasteiger partial charge in [-0.1, -0.05) is 5.57 Å². The van der Waals surface area contributed by atoms with Crippen molar-refractivity contribution in [2.24, 2.45) is 5.92 Å². The van der Waals surface area contributed by atoms with Gasteiger partial charge in [0.15, 0.2) is 0 Å². The number of carboxylic acid groups (broad SMARTS) is 1. The molecule has 0 bridgehead atoms. The van der Waals surface area contributed by atoms with Gasteiger partial charge in [-0.15, -0.1) is 0 Å². The topological polar surface area (TPSA) is 46.5 Å². The molecule has 0 aromatic heterocycles. The van der Waals surface area contributed by atoms with Crippen LogP contribution in [0.5, 0.6) is 0 Å². The Morgan fingerprint density at radius 1 is 0.703 bits per heavy atom. The predicted molar refractivity (Wildman–Crippen MR) is 182 cm³/mol. The van der Waals surface area contributed by atoms with Crippen LogP contribution in [0.3, 0.4) is 0 Å². The molecule has 0 saturated carbocycles. The molecule has 0 fully saturated rings. The number of thiol groups is 6. The molecule has 0 aliphatic heterocycles. The zero-order valence-corrected chi connectivity index (χ0v) is 27.7. The van der Waals surface area contributed by atoms with Crippen molar-refractivity contribution < 1.29 is 14.6 Å². The fraction of sp³-hybridized carbons (Fsp3) is 0.821. The molecule has 1 rings (SSSR count). The molecule has 1 aliphatic rings. The highest BCUT2D eigenvalue weighted by Gasteiger charge is 2.48. The first-order chi connectivity index (χ1) is 18.0. The largest absolute Gasteiger partial charge is 0.481 e. The van der Waals surface area contributed by atoms with Gasteiger partial charge >= 0.3 is 5.97 Å². The number of rotatable bonds is 23. The van der Waals surface area contributed by atoms with E-state index in [1.807, 2.05) is 0 Å². The second kappa shape index (κ2) is 21.7. The molecule has 0 aromatic carbocycles. The van der Waals surface area contributed by atoms with Gasteiger partial charge in [0.1, 0.15) is 0 Å². The molecule has 2 atom stereocenters. The molecular formula is C28H50O3S6. The summed E-state index contributed by atoms with van der Waals surface area (Å²) in [6.45, 7) is 0.654. The summed E-state index contributed by atoms with van der Waals surface area (Å²) >= 11 is 27.3. The summed E-state index contributed by atoms with van der Waals surface area (Å²) in [7, 11) is 0. The highest BCUT2D eigenvalue weighted by atomic mass is 32.1. The molecule has 0 saturated heterocycles. The monoisotopic (exact) mass is 626 g/mol. The molecule has 0 radical (unpaired) electrons. The van der Waals surface area contributed by atoms with Crippen LogP contribution in [0.2, 0.25) is 0 Å². The van der Waals surface area contributed by atoms with Crippen molar-refractivity contribution in [1.82, 2.24) is 0 Å². The lowest BCUT2D eigenvalue weighted by Gasteiger charge is -2.50. The molecule has 0 heterocycles. The van der Waals surface area contributed by atoms with Crippen molar-refractivity contribution in [2.45, 2.75) is 95.5 Å². The number of allylic oxidation sites excluding steroid dienone is 2. The van der Waals surface area contributed by atoms with Crippen LogP contribution in [0.15, 0.2) is 22.3 Å². The van der Waals surface area contributed by atoms with Gasteiger partial charge < -0.3 is 9.84 Å². The minimum Gasteiger partial charge on any atom is -0.481 e. The van der Waals surface area contributed by atoms with E-state index in [1.165, 1.54) is 22.3 Å². The maximum absolute atomic E-state index is 11.5. The summed E-state index contributed by atoms with van der Waals surface area (Å²) in [5.41, 5.74) is 5.45. The molecular weight excluding hydrogens is 577 g/mol. The van der Waals surface area contributed by atoms with Crippen LogP contribution >= 0.6 is 75.8 Å². The van der Waals surface area contributed by atoms with Crippen molar-refractivity contribution in [3.05, 3.63) is 22.3 Å². The number of ether oxygens (including phenoxy) is 1. The first kappa shape index (κ1) is 36.0. The third-order valence-corrected chi connectivity index (χ3v) is 9.12. The third-order valence-electron chi connectivity index (χ3n) is 7.22. The average molecular weight is 627 g/mol. The van der Waals surface area contributed by atoms with Gasteiger partial charge in [0.05, 0.1) is 5.60 Å². The minimum absolute atomic E-state index is 0.163. The van der Waals surface area contributed by atoms with Gasteiger partial charge in [-0.25, -0.2) is 0 Å². The molecule has 1 aliphatic carbocycles. The standard InChI is InChI=1S/C28H50O3S6/c29-27(30)13-1-11-25-23(9-3-17-33)22(8-2-16-32)24(10-4-18-34)26(12-5-19-35)28(25,14-6-20-36)31-15-7-21-37/h25,32-37H,1-21H2,(H,29,30). The van der Waals surface area contributed by atoms with Crippen molar-refractivity contribution in [2.75, 3.05) is 41.1 Å². The first-order valence-electron chi connectivity index (χ1n) is 13.9. The molecule has 0 aromatic rings. The summed E-state index contributed by atoms with van der Waals surface area (Å²) in [6.07, 6.45) is 12.4. The average Bonchev–Trinajstić information content (AvgIpc) is 2.89. The normalized spacial score (nSPS) is 20.2. The predicted octanol–water partition coefficient (Wildman–Crippen LogP) is 8.09.